The summed E-state index contributed by atoms with van der Waals surface area (Å²) in [5, 5.41) is 4.20. The molecule has 2 aromatic heterocycles. The van der Waals surface area contributed by atoms with Gasteiger partial charge in [0.25, 0.3) is 5.88 Å². The lowest BCUT2D eigenvalue weighted by atomic mass is 9.96. The van der Waals surface area contributed by atoms with Gasteiger partial charge in [0.15, 0.2) is 11.6 Å². The van der Waals surface area contributed by atoms with Gasteiger partial charge in [0, 0.05) is 37.3 Å². The number of ether oxygens (including phenoxy) is 1. The highest BCUT2D eigenvalue weighted by Gasteiger charge is 2.32. The van der Waals surface area contributed by atoms with E-state index in [1.54, 1.807) is 12.4 Å². The lowest BCUT2D eigenvalue weighted by Crippen LogP contribution is -2.34. The van der Waals surface area contributed by atoms with E-state index in [0.717, 1.165) is 43.5 Å². The minimum atomic E-state index is 0.0816. The Bertz CT molecular complexity index is 690. The lowest BCUT2D eigenvalue weighted by Gasteiger charge is -2.32. The number of rotatable bonds is 5. The van der Waals surface area contributed by atoms with Crippen molar-refractivity contribution in [3.63, 3.8) is 0 Å². The zero-order chi connectivity index (χ0) is 16.5. The molecule has 2 aromatic rings. The number of nitrogens with zero attached hydrogens (tertiary/aromatic N) is 5. The molecule has 0 atom stereocenters. The Hall–Kier alpha value is -2.18. The molecule has 4 rings (SSSR count). The number of anilines is 1. The van der Waals surface area contributed by atoms with Crippen LogP contribution in [0.2, 0.25) is 0 Å². The summed E-state index contributed by atoms with van der Waals surface area (Å²) in [7, 11) is 0. The highest BCUT2D eigenvalue weighted by molar-refractivity contribution is 5.48. The monoisotopic (exact) mass is 329 g/mol. The van der Waals surface area contributed by atoms with Crippen molar-refractivity contribution in [2.24, 2.45) is 0 Å². The summed E-state index contributed by atoms with van der Waals surface area (Å²) in [6.07, 6.45) is 7.82. The van der Waals surface area contributed by atoms with Crippen LogP contribution in [0.4, 0.5) is 5.82 Å². The van der Waals surface area contributed by atoms with Gasteiger partial charge in [0.2, 0.25) is 5.89 Å². The van der Waals surface area contributed by atoms with E-state index in [1.165, 1.54) is 12.8 Å². The van der Waals surface area contributed by atoms with Gasteiger partial charge in [0.1, 0.15) is 0 Å². The normalized spacial score (nSPS) is 19.0. The fourth-order valence-electron chi connectivity index (χ4n) is 3.10. The van der Waals surface area contributed by atoms with Crippen molar-refractivity contribution in [1.29, 1.82) is 0 Å². The second-order valence-corrected chi connectivity index (χ2v) is 6.88. The molecule has 7 nitrogen and oxygen atoms in total. The minimum Gasteiger partial charge on any atom is -0.472 e. The van der Waals surface area contributed by atoms with Crippen molar-refractivity contribution in [2.45, 2.75) is 57.5 Å². The minimum absolute atomic E-state index is 0.0816. The van der Waals surface area contributed by atoms with Gasteiger partial charge in [-0.1, -0.05) is 5.16 Å². The van der Waals surface area contributed by atoms with Crippen molar-refractivity contribution in [1.82, 2.24) is 20.1 Å². The second kappa shape index (κ2) is 6.37. The summed E-state index contributed by atoms with van der Waals surface area (Å²) >= 11 is 0. The van der Waals surface area contributed by atoms with Crippen LogP contribution in [-0.4, -0.2) is 39.3 Å². The van der Waals surface area contributed by atoms with Gasteiger partial charge in [0.05, 0.1) is 6.10 Å². The molecule has 0 spiro atoms. The summed E-state index contributed by atoms with van der Waals surface area (Å²) in [4.78, 5) is 15.7. The van der Waals surface area contributed by atoms with Crippen LogP contribution in [0.5, 0.6) is 5.88 Å². The maximum atomic E-state index is 5.79. The molecule has 1 saturated heterocycles. The third-order valence-corrected chi connectivity index (χ3v) is 4.54. The van der Waals surface area contributed by atoms with E-state index < -0.39 is 0 Å². The first kappa shape index (κ1) is 15.4. The van der Waals surface area contributed by atoms with Gasteiger partial charge in [-0.05, 0) is 39.5 Å². The Morgan fingerprint density at radius 1 is 1.08 bits per heavy atom. The summed E-state index contributed by atoms with van der Waals surface area (Å²) in [5.74, 6) is 4.02. The molecule has 0 N–H and O–H groups in total. The lowest BCUT2D eigenvalue weighted by molar-refractivity contribution is 0.231. The predicted octanol–water partition coefficient (Wildman–Crippen LogP) is 2.91. The van der Waals surface area contributed by atoms with E-state index in [9.17, 15) is 0 Å². The van der Waals surface area contributed by atoms with Crippen LogP contribution in [0, 0.1) is 0 Å². The van der Waals surface area contributed by atoms with Crippen molar-refractivity contribution in [3.8, 4) is 5.88 Å². The van der Waals surface area contributed by atoms with Crippen LogP contribution in [-0.2, 0) is 0 Å². The van der Waals surface area contributed by atoms with Gasteiger partial charge in [-0.3, -0.25) is 0 Å². The first-order valence-corrected chi connectivity index (χ1v) is 8.77. The van der Waals surface area contributed by atoms with E-state index in [-0.39, 0.29) is 6.10 Å². The molecule has 0 aromatic carbocycles. The Morgan fingerprint density at radius 2 is 1.83 bits per heavy atom. The highest BCUT2D eigenvalue weighted by atomic mass is 16.5. The second-order valence-electron chi connectivity index (χ2n) is 6.88. The maximum absolute atomic E-state index is 5.79. The van der Waals surface area contributed by atoms with Crippen LogP contribution >= 0.6 is 0 Å². The van der Waals surface area contributed by atoms with E-state index in [1.807, 2.05) is 13.8 Å². The van der Waals surface area contributed by atoms with Crippen LogP contribution in [0.3, 0.4) is 0 Å². The number of hydrogen-bond donors (Lipinski definition) is 0. The molecule has 1 aliphatic heterocycles. The molecule has 1 saturated carbocycles. The largest absolute Gasteiger partial charge is 0.472 e. The quantitative estimate of drug-likeness (QED) is 0.834. The molecule has 128 valence electrons. The maximum Gasteiger partial charge on any atom is 0.257 e. The summed E-state index contributed by atoms with van der Waals surface area (Å²) in [6, 6.07) is 0. The third kappa shape index (κ3) is 3.20. The van der Waals surface area contributed by atoms with Crippen LogP contribution in [0.25, 0.3) is 0 Å². The van der Waals surface area contributed by atoms with Gasteiger partial charge in [-0.25, -0.2) is 9.97 Å². The topological polar surface area (TPSA) is 77.2 Å². The van der Waals surface area contributed by atoms with Gasteiger partial charge >= 0.3 is 0 Å². The zero-order valence-electron chi connectivity index (χ0n) is 14.2. The Kier molecular flexibility index (Phi) is 4.08. The number of piperidine rings is 1. The number of aromatic nitrogens is 4. The van der Waals surface area contributed by atoms with Gasteiger partial charge in [-0.2, -0.15) is 4.98 Å². The van der Waals surface area contributed by atoms with Gasteiger partial charge in [-0.15, -0.1) is 0 Å². The van der Waals surface area contributed by atoms with Crippen LogP contribution in [0.1, 0.15) is 63.1 Å². The molecular formula is C17H23N5O2. The summed E-state index contributed by atoms with van der Waals surface area (Å²) in [6.45, 7) is 5.78. The zero-order valence-corrected chi connectivity index (χ0v) is 14.2. The Morgan fingerprint density at radius 3 is 2.54 bits per heavy atom. The highest BCUT2D eigenvalue weighted by Crippen LogP contribution is 2.40. The van der Waals surface area contributed by atoms with E-state index >= 15 is 0 Å². The fraction of sp³-hybridized carbons (Fsp3) is 0.647. The Balaban J connectivity index is 1.42. The molecule has 7 heteroatoms. The number of hydrogen-bond acceptors (Lipinski definition) is 7. The average Bonchev–Trinajstić information content (AvgIpc) is 3.32. The first-order valence-electron chi connectivity index (χ1n) is 8.77. The first-order chi connectivity index (χ1) is 11.7. The van der Waals surface area contributed by atoms with Crippen molar-refractivity contribution in [2.75, 3.05) is 18.0 Å². The molecule has 0 radical (unpaired) electrons. The SMILES string of the molecule is CC(C)Oc1nccnc1N1CCC(c2noc(C3CC3)n2)CC1. The molecule has 2 aliphatic rings. The molecule has 0 unspecified atom stereocenters. The molecule has 1 aliphatic carbocycles. The predicted molar refractivity (Wildman–Crippen MR) is 88.3 cm³/mol. The van der Waals surface area contributed by atoms with E-state index in [4.69, 9.17) is 9.26 Å². The van der Waals surface area contributed by atoms with Crippen molar-refractivity contribution in [3.05, 3.63) is 24.1 Å². The molecule has 0 amide bonds. The Labute approximate surface area is 141 Å². The molecule has 3 heterocycles. The van der Waals surface area contributed by atoms with Crippen molar-refractivity contribution < 1.29 is 9.26 Å². The average molecular weight is 329 g/mol. The van der Waals surface area contributed by atoms with E-state index in [0.29, 0.717) is 17.7 Å². The summed E-state index contributed by atoms with van der Waals surface area (Å²) in [5.41, 5.74) is 0. The molecule has 24 heavy (non-hydrogen) atoms. The fourth-order valence-corrected chi connectivity index (χ4v) is 3.10. The molecular weight excluding hydrogens is 306 g/mol. The smallest absolute Gasteiger partial charge is 0.257 e. The van der Waals surface area contributed by atoms with Crippen LogP contribution < -0.4 is 9.64 Å². The molecule has 2 fully saturated rings. The standard InChI is InChI=1S/C17H23N5O2/c1-11(2)23-17-15(18-7-8-19-17)22-9-5-12(6-10-22)14-20-16(24-21-14)13-3-4-13/h7-8,11-13H,3-6,9-10H2,1-2H3. The van der Waals surface area contributed by atoms with Crippen LogP contribution in [0.15, 0.2) is 16.9 Å². The van der Waals surface area contributed by atoms with Gasteiger partial charge < -0.3 is 14.2 Å². The summed E-state index contributed by atoms with van der Waals surface area (Å²) < 4.78 is 11.2. The van der Waals surface area contributed by atoms with Crippen molar-refractivity contribution >= 4 is 5.82 Å². The van der Waals surface area contributed by atoms with E-state index in [2.05, 4.69) is 25.0 Å². The third-order valence-electron chi connectivity index (χ3n) is 4.54. The molecule has 0 bridgehead atoms.